The number of carbonyl (C=O) groups is 2. The molecule has 0 radical (unpaired) electrons. The highest BCUT2D eigenvalue weighted by Gasteiger charge is 2.47. The van der Waals surface area contributed by atoms with E-state index < -0.39 is 23.6 Å². The Morgan fingerprint density at radius 3 is 2.31 bits per heavy atom. The van der Waals surface area contributed by atoms with Gasteiger partial charge in [0.05, 0.1) is 5.56 Å². The second-order valence-corrected chi connectivity index (χ2v) is 6.18. The van der Waals surface area contributed by atoms with Crippen molar-refractivity contribution >= 4 is 17.5 Å². The molecule has 0 aliphatic heterocycles. The van der Waals surface area contributed by atoms with Gasteiger partial charge in [-0.25, -0.2) is 0 Å². The predicted molar refractivity (Wildman–Crippen MR) is 90.8 cm³/mol. The first-order valence-corrected chi connectivity index (χ1v) is 8.10. The van der Waals surface area contributed by atoms with Gasteiger partial charge in [-0.1, -0.05) is 18.2 Å². The van der Waals surface area contributed by atoms with E-state index in [9.17, 15) is 22.8 Å². The number of carbonyl (C=O) groups excluding carboxylic acids is 2. The summed E-state index contributed by atoms with van der Waals surface area (Å²) in [5.41, 5.74) is 0.427. The summed E-state index contributed by atoms with van der Waals surface area (Å²) >= 11 is 0. The summed E-state index contributed by atoms with van der Waals surface area (Å²) in [5.74, 6) is -1.48. The fourth-order valence-corrected chi connectivity index (χ4v) is 2.99. The van der Waals surface area contributed by atoms with Crippen LogP contribution in [-0.2, 0) is 11.0 Å². The summed E-state index contributed by atoms with van der Waals surface area (Å²) in [7, 11) is 1.52. The molecule has 0 bridgehead atoms. The molecule has 1 fully saturated rings. The minimum Gasteiger partial charge on any atom is -0.355 e. The fourth-order valence-electron chi connectivity index (χ4n) is 2.99. The van der Waals surface area contributed by atoms with Gasteiger partial charge >= 0.3 is 6.18 Å². The lowest BCUT2D eigenvalue weighted by atomic mass is 10.0. The molecule has 4 nitrogen and oxygen atoms in total. The molecule has 2 unspecified atom stereocenters. The third kappa shape index (κ3) is 3.71. The van der Waals surface area contributed by atoms with Crippen LogP contribution in [0.25, 0.3) is 0 Å². The molecule has 136 valence electrons. The molecule has 0 saturated heterocycles. The maximum Gasteiger partial charge on any atom is 0.416 e. The van der Waals surface area contributed by atoms with Crippen LogP contribution in [0.3, 0.4) is 0 Å². The third-order valence-corrected chi connectivity index (χ3v) is 4.43. The highest BCUT2D eigenvalue weighted by Crippen LogP contribution is 2.51. The van der Waals surface area contributed by atoms with E-state index in [1.165, 1.54) is 19.2 Å². The van der Waals surface area contributed by atoms with Crippen LogP contribution < -0.4 is 10.6 Å². The highest BCUT2D eigenvalue weighted by atomic mass is 19.4. The number of nitrogens with one attached hydrogen (secondary N) is 2. The van der Waals surface area contributed by atoms with Crippen molar-refractivity contribution in [2.75, 3.05) is 12.4 Å². The first-order chi connectivity index (χ1) is 12.3. The molecule has 1 aliphatic rings. The molecule has 2 atom stereocenters. The molecular formula is C19H17F3N2O2. The smallest absolute Gasteiger partial charge is 0.355 e. The summed E-state index contributed by atoms with van der Waals surface area (Å²) in [6.07, 6.45) is -4.05. The molecule has 1 aliphatic carbocycles. The van der Waals surface area contributed by atoms with Crippen molar-refractivity contribution in [3.63, 3.8) is 0 Å². The van der Waals surface area contributed by atoms with Crippen LogP contribution in [0, 0.1) is 5.92 Å². The maximum absolute atomic E-state index is 13.1. The molecule has 7 heteroatoms. The molecule has 1 saturated carbocycles. The number of alkyl halides is 3. The SMILES string of the molecule is CNC(=O)c1ccc(NC(=O)C2CC2c2ccccc2C(F)(F)F)cc1. The van der Waals surface area contributed by atoms with Crippen LogP contribution in [-0.4, -0.2) is 18.9 Å². The van der Waals surface area contributed by atoms with Crippen molar-refractivity contribution in [3.8, 4) is 0 Å². The largest absolute Gasteiger partial charge is 0.416 e. The Labute approximate surface area is 148 Å². The second kappa shape index (κ2) is 6.82. The molecule has 2 aromatic rings. The lowest BCUT2D eigenvalue weighted by molar-refractivity contribution is -0.138. The minimum absolute atomic E-state index is 0.162. The van der Waals surface area contributed by atoms with Crippen LogP contribution in [0.2, 0.25) is 0 Å². The van der Waals surface area contributed by atoms with Gasteiger partial charge < -0.3 is 10.6 Å². The van der Waals surface area contributed by atoms with Crippen LogP contribution in [0.15, 0.2) is 48.5 Å². The zero-order chi connectivity index (χ0) is 18.9. The Morgan fingerprint density at radius 2 is 1.69 bits per heavy atom. The van der Waals surface area contributed by atoms with Gasteiger partial charge in [0.1, 0.15) is 0 Å². The Bertz CT molecular complexity index is 831. The summed E-state index contributed by atoms with van der Waals surface area (Å²) in [6.45, 7) is 0. The third-order valence-electron chi connectivity index (χ3n) is 4.43. The second-order valence-electron chi connectivity index (χ2n) is 6.18. The molecule has 2 amide bonds. The number of halogens is 3. The standard InChI is InChI=1S/C19H17F3N2O2/c1-23-17(25)11-6-8-12(9-7-11)24-18(26)15-10-14(15)13-4-2-3-5-16(13)19(20,21)22/h2-9,14-15H,10H2,1H3,(H,23,25)(H,24,26). The number of hydrogen-bond donors (Lipinski definition) is 2. The Morgan fingerprint density at radius 1 is 1.04 bits per heavy atom. The number of amides is 2. The van der Waals surface area contributed by atoms with Gasteiger partial charge in [-0.3, -0.25) is 9.59 Å². The Hall–Kier alpha value is -2.83. The quantitative estimate of drug-likeness (QED) is 0.869. The molecular weight excluding hydrogens is 345 g/mol. The topological polar surface area (TPSA) is 58.2 Å². The first kappa shape index (κ1) is 18.0. The molecule has 3 rings (SSSR count). The van der Waals surface area contributed by atoms with Crippen molar-refractivity contribution < 1.29 is 22.8 Å². The normalized spacial score (nSPS) is 18.9. The van der Waals surface area contributed by atoms with Gasteiger partial charge in [-0.05, 0) is 48.2 Å². The van der Waals surface area contributed by atoms with E-state index in [2.05, 4.69) is 10.6 Å². The predicted octanol–water partition coefficient (Wildman–Crippen LogP) is 3.81. The van der Waals surface area contributed by atoms with E-state index in [0.717, 1.165) is 6.07 Å². The van der Waals surface area contributed by atoms with Gasteiger partial charge in [0.2, 0.25) is 5.91 Å². The molecule has 26 heavy (non-hydrogen) atoms. The fraction of sp³-hybridized carbons (Fsp3) is 0.263. The van der Waals surface area contributed by atoms with Crippen LogP contribution in [0.5, 0.6) is 0 Å². The van der Waals surface area contributed by atoms with Crippen LogP contribution in [0.4, 0.5) is 18.9 Å². The molecule has 0 heterocycles. The van der Waals surface area contributed by atoms with E-state index in [1.54, 1.807) is 30.3 Å². The van der Waals surface area contributed by atoms with Crippen molar-refractivity contribution in [2.45, 2.75) is 18.5 Å². The minimum atomic E-state index is -4.43. The summed E-state index contributed by atoms with van der Waals surface area (Å²) < 4.78 is 39.3. The zero-order valence-corrected chi connectivity index (χ0v) is 13.9. The monoisotopic (exact) mass is 362 g/mol. The van der Waals surface area contributed by atoms with E-state index in [0.29, 0.717) is 17.7 Å². The van der Waals surface area contributed by atoms with Crippen LogP contribution >= 0.6 is 0 Å². The number of anilines is 1. The average Bonchev–Trinajstić information content (AvgIpc) is 3.42. The van der Waals surface area contributed by atoms with E-state index in [-0.39, 0.29) is 17.4 Å². The summed E-state index contributed by atoms with van der Waals surface area (Å²) in [6, 6.07) is 11.7. The van der Waals surface area contributed by atoms with Crippen LogP contribution in [0.1, 0.15) is 33.8 Å². The van der Waals surface area contributed by atoms with Crippen molar-refractivity contribution in [1.29, 1.82) is 0 Å². The van der Waals surface area contributed by atoms with Gasteiger partial charge in [0.25, 0.3) is 5.91 Å². The van der Waals surface area contributed by atoms with Gasteiger partial charge in [-0.2, -0.15) is 13.2 Å². The lowest BCUT2D eigenvalue weighted by Crippen LogP contribution is -2.18. The Balaban J connectivity index is 1.68. The maximum atomic E-state index is 13.1. The van der Waals surface area contributed by atoms with Gasteiger partial charge in [0.15, 0.2) is 0 Å². The lowest BCUT2D eigenvalue weighted by Gasteiger charge is -2.12. The molecule has 2 N–H and O–H groups in total. The van der Waals surface area contributed by atoms with E-state index >= 15 is 0 Å². The van der Waals surface area contributed by atoms with Crippen molar-refractivity contribution in [1.82, 2.24) is 5.32 Å². The van der Waals surface area contributed by atoms with E-state index in [1.807, 2.05) is 0 Å². The van der Waals surface area contributed by atoms with Gasteiger partial charge in [-0.15, -0.1) is 0 Å². The highest BCUT2D eigenvalue weighted by molar-refractivity contribution is 5.97. The Kier molecular flexibility index (Phi) is 4.71. The average molecular weight is 362 g/mol. The van der Waals surface area contributed by atoms with Gasteiger partial charge in [0, 0.05) is 24.2 Å². The number of hydrogen-bond acceptors (Lipinski definition) is 2. The van der Waals surface area contributed by atoms with Crippen molar-refractivity contribution in [2.24, 2.45) is 5.92 Å². The number of benzene rings is 2. The summed E-state index contributed by atoms with van der Waals surface area (Å²) in [4.78, 5) is 23.8. The molecule has 0 spiro atoms. The molecule has 0 aromatic heterocycles. The first-order valence-electron chi connectivity index (χ1n) is 8.10. The summed E-state index contributed by atoms with van der Waals surface area (Å²) in [5, 5.41) is 5.19. The molecule has 2 aromatic carbocycles. The zero-order valence-electron chi connectivity index (χ0n) is 13.9. The van der Waals surface area contributed by atoms with E-state index in [4.69, 9.17) is 0 Å². The number of rotatable bonds is 4. The van der Waals surface area contributed by atoms with Crippen molar-refractivity contribution in [3.05, 3.63) is 65.2 Å².